The summed E-state index contributed by atoms with van der Waals surface area (Å²) < 4.78 is 39.0. The monoisotopic (exact) mass is 416 g/mol. The second kappa shape index (κ2) is 7.78. The van der Waals surface area contributed by atoms with Gasteiger partial charge in [-0.2, -0.15) is 4.31 Å². The van der Waals surface area contributed by atoms with Gasteiger partial charge in [-0.05, 0) is 44.2 Å². The van der Waals surface area contributed by atoms with Gasteiger partial charge in [-0.25, -0.2) is 8.42 Å². The number of para-hydroxylation sites is 2. The van der Waals surface area contributed by atoms with Gasteiger partial charge >= 0.3 is 0 Å². The largest absolute Gasteiger partial charge is 0.490 e. The maximum absolute atomic E-state index is 13.2. The van der Waals surface area contributed by atoms with Crippen LogP contribution < -0.4 is 9.64 Å². The zero-order valence-electron chi connectivity index (χ0n) is 16.4. The van der Waals surface area contributed by atoms with Crippen LogP contribution in [0.15, 0.2) is 53.4 Å². The number of hydrogen-bond donors (Lipinski definition) is 0. The Morgan fingerprint density at radius 2 is 1.76 bits per heavy atom. The van der Waals surface area contributed by atoms with Crippen LogP contribution in [0.1, 0.15) is 24.2 Å². The lowest BCUT2D eigenvalue weighted by Crippen LogP contribution is -2.48. The highest BCUT2D eigenvalue weighted by Gasteiger charge is 2.33. The number of anilines is 1. The molecule has 0 saturated carbocycles. The maximum atomic E-state index is 13.2. The number of nitrogens with zero attached hydrogens (tertiary/aromatic N) is 2. The van der Waals surface area contributed by atoms with E-state index in [1.54, 1.807) is 17.0 Å². The fourth-order valence-electron chi connectivity index (χ4n) is 3.80. The molecule has 1 amide bonds. The van der Waals surface area contributed by atoms with Crippen LogP contribution in [0.4, 0.5) is 5.69 Å². The molecule has 4 rings (SSSR count). The number of benzene rings is 2. The molecule has 2 unspecified atom stereocenters. The lowest BCUT2D eigenvalue weighted by atomic mass is 10.1. The van der Waals surface area contributed by atoms with Gasteiger partial charge in [0.15, 0.2) is 0 Å². The van der Waals surface area contributed by atoms with Crippen LogP contribution in [0.25, 0.3) is 0 Å². The summed E-state index contributed by atoms with van der Waals surface area (Å²) in [7, 11) is -3.72. The van der Waals surface area contributed by atoms with E-state index in [1.165, 1.54) is 16.4 Å². The van der Waals surface area contributed by atoms with Gasteiger partial charge in [0.05, 0.1) is 29.3 Å². The van der Waals surface area contributed by atoms with Gasteiger partial charge in [0.25, 0.3) is 5.91 Å². The lowest BCUT2D eigenvalue weighted by Gasteiger charge is -2.34. The summed E-state index contributed by atoms with van der Waals surface area (Å²) in [6.07, 6.45) is -0.355. The van der Waals surface area contributed by atoms with Crippen LogP contribution in [0.5, 0.6) is 5.75 Å². The topological polar surface area (TPSA) is 76.2 Å². The van der Waals surface area contributed by atoms with Crippen molar-refractivity contribution in [2.75, 3.05) is 31.1 Å². The molecule has 0 bridgehead atoms. The number of sulfonamides is 1. The van der Waals surface area contributed by atoms with Crippen LogP contribution in [0, 0.1) is 0 Å². The normalized spacial score (nSPS) is 22.6. The summed E-state index contributed by atoms with van der Waals surface area (Å²) in [4.78, 5) is 14.9. The molecule has 2 aromatic rings. The van der Waals surface area contributed by atoms with E-state index in [-0.39, 0.29) is 23.0 Å². The minimum absolute atomic E-state index is 0.117. The summed E-state index contributed by atoms with van der Waals surface area (Å²) in [6.45, 7) is 5.10. The molecule has 0 radical (unpaired) electrons. The molecule has 8 heteroatoms. The zero-order chi connectivity index (χ0) is 20.6. The lowest BCUT2D eigenvalue weighted by molar-refractivity contribution is -0.0440. The second-order valence-electron chi connectivity index (χ2n) is 7.38. The van der Waals surface area contributed by atoms with Crippen molar-refractivity contribution in [2.24, 2.45) is 0 Å². The van der Waals surface area contributed by atoms with E-state index in [0.717, 1.165) is 0 Å². The standard InChI is InChI=1S/C21H24N2O5S/c1-15-13-22(14-16(2)28-15)29(25,26)18-7-5-6-17(12-18)21(24)23-10-11-27-20-9-4-3-8-19(20)23/h3-9,12,15-16H,10-11,13-14H2,1-2H3. The van der Waals surface area contributed by atoms with E-state index in [1.807, 2.05) is 38.1 Å². The third-order valence-corrected chi connectivity index (χ3v) is 6.91. The molecule has 2 heterocycles. The average Bonchev–Trinajstić information content (AvgIpc) is 2.72. The smallest absolute Gasteiger partial charge is 0.258 e. The first-order valence-electron chi connectivity index (χ1n) is 9.65. The van der Waals surface area contributed by atoms with Crippen LogP contribution in [0.3, 0.4) is 0 Å². The third-order valence-electron chi connectivity index (χ3n) is 5.08. The number of rotatable bonds is 3. The van der Waals surface area contributed by atoms with Crippen molar-refractivity contribution in [3.63, 3.8) is 0 Å². The van der Waals surface area contributed by atoms with E-state index in [2.05, 4.69) is 0 Å². The van der Waals surface area contributed by atoms with Gasteiger partial charge in [-0.3, -0.25) is 4.79 Å². The van der Waals surface area contributed by atoms with E-state index < -0.39 is 10.0 Å². The first kappa shape index (κ1) is 19.9. The summed E-state index contributed by atoms with van der Waals surface area (Å²) >= 11 is 0. The fourth-order valence-corrected chi connectivity index (χ4v) is 5.44. The van der Waals surface area contributed by atoms with Crippen molar-refractivity contribution in [2.45, 2.75) is 31.0 Å². The van der Waals surface area contributed by atoms with E-state index >= 15 is 0 Å². The molecule has 2 atom stereocenters. The molecule has 0 aliphatic carbocycles. The Hall–Kier alpha value is -2.42. The summed E-state index contributed by atoms with van der Waals surface area (Å²) in [5.74, 6) is 0.397. The van der Waals surface area contributed by atoms with E-state index in [4.69, 9.17) is 9.47 Å². The van der Waals surface area contributed by atoms with Gasteiger partial charge in [-0.1, -0.05) is 18.2 Å². The zero-order valence-corrected chi connectivity index (χ0v) is 17.3. The number of hydrogen-bond acceptors (Lipinski definition) is 5. The molecule has 0 spiro atoms. The van der Waals surface area contributed by atoms with Crippen molar-refractivity contribution >= 4 is 21.6 Å². The minimum Gasteiger partial charge on any atom is -0.490 e. The number of fused-ring (bicyclic) bond motifs is 1. The number of morpholine rings is 1. The molecular formula is C21H24N2O5S. The average molecular weight is 416 g/mol. The van der Waals surface area contributed by atoms with Crippen LogP contribution in [-0.4, -0.2) is 57.1 Å². The van der Waals surface area contributed by atoms with Gasteiger partial charge in [0.1, 0.15) is 12.4 Å². The minimum atomic E-state index is -3.72. The molecule has 1 fully saturated rings. The maximum Gasteiger partial charge on any atom is 0.258 e. The van der Waals surface area contributed by atoms with Crippen molar-refractivity contribution in [3.8, 4) is 5.75 Å². The van der Waals surface area contributed by atoms with E-state index in [9.17, 15) is 13.2 Å². The Morgan fingerprint density at radius 1 is 1.03 bits per heavy atom. The number of carbonyl (C=O) groups is 1. The highest BCUT2D eigenvalue weighted by molar-refractivity contribution is 7.89. The Balaban J connectivity index is 1.63. The first-order chi connectivity index (χ1) is 13.9. The molecule has 2 aliphatic rings. The molecule has 2 aliphatic heterocycles. The summed E-state index contributed by atoms with van der Waals surface area (Å²) in [5.41, 5.74) is 1.02. The predicted octanol–water partition coefficient (Wildman–Crippen LogP) is 2.52. The number of carbonyl (C=O) groups excluding carboxylic acids is 1. The first-order valence-corrected chi connectivity index (χ1v) is 11.1. The number of amides is 1. The van der Waals surface area contributed by atoms with Crippen molar-refractivity contribution in [3.05, 3.63) is 54.1 Å². The molecular weight excluding hydrogens is 392 g/mol. The number of ether oxygens (including phenoxy) is 2. The highest BCUT2D eigenvalue weighted by Crippen LogP contribution is 2.32. The molecule has 7 nitrogen and oxygen atoms in total. The summed E-state index contributed by atoms with van der Waals surface area (Å²) in [5, 5.41) is 0. The second-order valence-corrected chi connectivity index (χ2v) is 9.32. The molecule has 0 aromatic heterocycles. The summed E-state index contributed by atoms with van der Waals surface area (Å²) in [6, 6.07) is 13.6. The molecule has 1 saturated heterocycles. The van der Waals surface area contributed by atoms with Gasteiger partial charge in [0.2, 0.25) is 10.0 Å². The van der Waals surface area contributed by atoms with Crippen molar-refractivity contribution in [1.82, 2.24) is 4.31 Å². The van der Waals surface area contributed by atoms with Crippen LogP contribution >= 0.6 is 0 Å². The van der Waals surface area contributed by atoms with Gasteiger partial charge < -0.3 is 14.4 Å². The Morgan fingerprint density at radius 3 is 2.52 bits per heavy atom. The third kappa shape index (κ3) is 3.88. The highest BCUT2D eigenvalue weighted by atomic mass is 32.2. The SMILES string of the molecule is CC1CN(S(=O)(=O)c2cccc(C(=O)N3CCOc4ccccc43)c2)CC(C)O1. The molecule has 154 valence electrons. The van der Waals surface area contributed by atoms with Gasteiger partial charge in [-0.15, -0.1) is 0 Å². The van der Waals surface area contributed by atoms with Crippen molar-refractivity contribution in [1.29, 1.82) is 0 Å². The van der Waals surface area contributed by atoms with Gasteiger partial charge in [0, 0.05) is 18.7 Å². The molecule has 0 N–H and O–H groups in total. The Bertz CT molecular complexity index is 1010. The van der Waals surface area contributed by atoms with Crippen LogP contribution in [-0.2, 0) is 14.8 Å². The Labute approximate surface area is 170 Å². The predicted molar refractivity (Wildman–Crippen MR) is 109 cm³/mol. The molecule has 2 aromatic carbocycles. The van der Waals surface area contributed by atoms with E-state index in [0.29, 0.717) is 43.2 Å². The van der Waals surface area contributed by atoms with Crippen molar-refractivity contribution < 1.29 is 22.7 Å². The Kier molecular flexibility index (Phi) is 5.33. The van der Waals surface area contributed by atoms with Crippen LogP contribution in [0.2, 0.25) is 0 Å². The fraction of sp³-hybridized carbons (Fsp3) is 0.381. The molecule has 29 heavy (non-hydrogen) atoms. The quantitative estimate of drug-likeness (QED) is 0.769.